The number of nitrogens with two attached hydrogens (primary N) is 1. The third-order valence-corrected chi connectivity index (χ3v) is 5.97. The van der Waals surface area contributed by atoms with Crippen molar-refractivity contribution in [1.82, 2.24) is 10.3 Å². The van der Waals surface area contributed by atoms with Gasteiger partial charge in [0.2, 0.25) is 10.0 Å². The van der Waals surface area contributed by atoms with Crippen molar-refractivity contribution in [2.75, 3.05) is 6.54 Å². The lowest BCUT2D eigenvalue weighted by Gasteiger charge is -2.08. The minimum atomic E-state index is -3.70. The van der Waals surface area contributed by atoms with Crippen LogP contribution in [-0.2, 0) is 23.1 Å². The number of rotatable bonds is 8. The Bertz CT molecular complexity index is 1080. The predicted octanol–water partition coefficient (Wildman–Crippen LogP) is 2.65. The lowest BCUT2D eigenvalue weighted by molar-refractivity contribution is 0.0954. The van der Waals surface area contributed by atoms with E-state index >= 15 is 0 Å². The van der Waals surface area contributed by atoms with Gasteiger partial charge in [-0.05, 0) is 55.3 Å². The molecule has 7 nitrogen and oxygen atoms in total. The van der Waals surface area contributed by atoms with Crippen LogP contribution >= 0.6 is 11.3 Å². The monoisotopic (exact) mass is 431 g/mol. The number of benzene rings is 2. The van der Waals surface area contributed by atoms with Gasteiger partial charge in [-0.1, -0.05) is 12.1 Å². The molecule has 0 atom stereocenters. The summed E-state index contributed by atoms with van der Waals surface area (Å²) in [4.78, 5) is 16.7. The molecule has 152 valence electrons. The zero-order valence-electron chi connectivity index (χ0n) is 15.8. The maximum atomic E-state index is 12.3. The summed E-state index contributed by atoms with van der Waals surface area (Å²) in [6, 6.07) is 13.2. The fourth-order valence-electron chi connectivity index (χ4n) is 2.58. The maximum absolute atomic E-state index is 12.3. The fourth-order valence-corrected chi connectivity index (χ4v) is 3.78. The van der Waals surface area contributed by atoms with Gasteiger partial charge in [0, 0.05) is 23.2 Å². The van der Waals surface area contributed by atoms with Gasteiger partial charge in [0.1, 0.15) is 17.4 Å². The Morgan fingerprint density at radius 2 is 1.83 bits per heavy atom. The quantitative estimate of drug-likeness (QED) is 0.570. The van der Waals surface area contributed by atoms with Crippen molar-refractivity contribution in [3.05, 3.63) is 75.7 Å². The first-order valence-corrected chi connectivity index (χ1v) is 11.3. The first-order chi connectivity index (χ1) is 13.8. The van der Waals surface area contributed by atoms with E-state index in [1.54, 1.807) is 47.7 Å². The van der Waals surface area contributed by atoms with Crippen molar-refractivity contribution < 1.29 is 17.9 Å². The molecule has 3 N–H and O–H groups in total. The molecule has 0 spiro atoms. The summed E-state index contributed by atoms with van der Waals surface area (Å²) in [5, 5.41) is 10.8. The SMILES string of the molecule is Cc1csc(COc2ccc(C(=O)NCCc3ccc(S(N)(=O)=O)cc3)cc2)n1. The molecule has 1 aromatic heterocycles. The Labute approximate surface area is 173 Å². The number of carbonyl (C=O) groups excluding carboxylic acids is 1. The van der Waals surface area contributed by atoms with E-state index in [0.29, 0.717) is 30.9 Å². The molecule has 0 aliphatic carbocycles. The Morgan fingerprint density at radius 3 is 2.41 bits per heavy atom. The minimum Gasteiger partial charge on any atom is -0.486 e. The van der Waals surface area contributed by atoms with Gasteiger partial charge in [-0.3, -0.25) is 4.79 Å². The highest BCUT2D eigenvalue weighted by atomic mass is 32.2. The molecule has 9 heteroatoms. The van der Waals surface area contributed by atoms with Crippen LogP contribution in [0.1, 0.15) is 26.6 Å². The predicted molar refractivity (Wildman–Crippen MR) is 111 cm³/mol. The van der Waals surface area contributed by atoms with E-state index < -0.39 is 10.0 Å². The summed E-state index contributed by atoms with van der Waals surface area (Å²) < 4.78 is 28.2. The van der Waals surface area contributed by atoms with Gasteiger partial charge in [0.25, 0.3) is 5.91 Å². The van der Waals surface area contributed by atoms with Crippen LogP contribution in [0.15, 0.2) is 58.8 Å². The van der Waals surface area contributed by atoms with Gasteiger partial charge in [0.15, 0.2) is 0 Å². The number of hydrogen-bond donors (Lipinski definition) is 2. The molecule has 2 aromatic carbocycles. The second-order valence-corrected chi connectivity index (χ2v) is 8.89. The number of primary sulfonamides is 1. The minimum absolute atomic E-state index is 0.0672. The van der Waals surface area contributed by atoms with Gasteiger partial charge in [-0.15, -0.1) is 11.3 Å². The van der Waals surface area contributed by atoms with E-state index in [4.69, 9.17) is 9.88 Å². The van der Waals surface area contributed by atoms with Crippen LogP contribution in [0.4, 0.5) is 0 Å². The number of sulfonamides is 1. The lowest BCUT2D eigenvalue weighted by atomic mass is 10.1. The van der Waals surface area contributed by atoms with Crippen molar-refractivity contribution in [3.63, 3.8) is 0 Å². The van der Waals surface area contributed by atoms with Crippen molar-refractivity contribution in [2.45, 2.75) is 24.8 Å². The maximum Gasteiger partial charge on any atom is 0.251 e. The van der Waals surface area contributed by atoms with E-state index in [9.17, 15) is 13.2 Å². The molecular weight excluding hydrogens is 410 g/mol. The molecule has 1 amide bonds. The van der Waals surface area contributed by atoms with Gasteiger partial charge < -0.3 is 10.1 Å². The summed E-state index contributed by atoms with van der Waals surface area (Å²) in [5.41, 5.74) is 2.41. The Kier molecular flexibility index (Phi) is 6.63. The molecule has 3 aromatic rings. The van der Waals surface area contributed by atoms with Gasteiger partial charge in [0.05, 0.1) is 4.90 Å². The highest BCUT2D eigenvalue weighted by molar-refractivity contribution is 7.89. The number of amides is 1. The van der Waals surface area contributed by atoms with Gasteiger partial charge >= 0.3 is 0 Å². The van der Waals surface area contributed by atoms with Crippen LogP contribution in [0.25, 0.3) is 0 Å². The standard InChI is InChI=1S/C20H21N3O4S2/c1-14-13-28-19(23-14)12-27-17-6-4-16(5-7-17)20(24)22-11-10-15-2-8-18(9-3-15)29(21,25)26/h2-9,13H,10-12H2,1H3,(H,22,24)(H2,21,25,26). The van der Waals surface area contributed by atoms with Crippen LogP contribution in [-0.4, -0.2) is 25.9 Å². The summed E-state index contributed by atoms with van der Waals surface area (Å²) in [7, 11) is -3.70. The van der Waals surface area contributed by atoms with Crippen LogP contribution in [0.3, 0.4) is 0 Å². The molecule has 0 aliphatic heterocycles. The third kappa shape index (κ3) is 6.11. The first kappa shape index (κ1) is 21.0. The zero-order chi connectivity index (χ0) is 20.9. The van der Waals surface area contributed by atoms with Crippen LogP contribution in [0.2, 0.25) is 0 Å². The molecule has 1 heterocycles. The summed E-state index contributed by atoms with van der Waals surface area (Å²) >= 11 is 1.55. The second-order valence-electron chi connectivity index (χ2n) is 6.39. The Balaban J connectivity index is 1.46. The van der Waals surface area contributed by atoms with Crippen LogP contribution in [0, 0.1) is 6.92 Å². The number of thiazole rings is 1. The fraction of sp³-hybridized carbons (Fsp3) is 0.200. The second kappa shape index (κ2) is 9.17. The van der Waals surface area contributed by atoms with Gasteiger partial charge in [-0.25, -0.2) is 18.5 Å². The number of carbonyl (C=O) groups is 1. The highest BCUT2D eigenvalue weighted by Crippen LogP contribution is 2.16. The molecule has 0 fully saturated rings. The molecule has 0 bridgehead atoms. The normalized spacial score (nSPS) is 11.2. The van der Waals surface area contributed by atoms with Crippen LogP contribution < -0.4 is 15.2 Å². The van der Waals surface area contributed by atoms with Crippen LogP contribution in [0.5, 0.6) is 5.75 Å². The molecule has 29 heavy (non-hydrogen) atoms. The lowest BCUT2D eigenvalue weighted by Crippen LogP contribution is -2.25. The molecule has 0 aliphatic rings. The van der Waals surface area contributed by atoms with Gasteiger partial charge in [-0.2, -0.15) is 0 Å². The average molecular weight is 432 g/mol. The smallest absolute Gasteiger partial charge is 0.251 e. The van der Waals surface area contributed by atoms with E-state index in [-0.39, 0.29) is 10.8 Å². The highest BCUT2D eigenvalue weighted by Gasteiger charge is 2.08. The van der Waals surface area contributed by atoms with Crippen molar-refractivity contribution in [2.24, 2.45) is 5.14 Å². The number of nitrogens with one attached hydrogen (secondary N) is 1. The molecule has 0 radical (unpaired) electrons. The molecule has 3 rings (SSSR count). The average Bonchev–Trinajstić information content (AvgIpc) is 3.11. The molecular formula is C20H21N3O4S2. The Hall–Kier alpha value is -2.75. The molecule has 0 saturated heterocycles. The van der Waals surface area contributed by atoms with E-state index in [2.05, 4.69) is 10.3 Å². The number of hydrogen-bond acceptors (Lipinski definition) is 6. The Morgan fingerprint density at radius 1 is 1.14 bits per heavy atom. The summed E-state index contributed by atoms with van der Waals surface area (Å²) in [5.74, 6) is 0.484. The zero-order valence-corrected chi connectivity index (χ0v) is 17.4. The number of ether oxygens (including phenoxy) is 1. The number of aromatic nitrogens is 1. The largest absolute Gasteiger partial charge is 0.486 e. The van der Waals surface area contributed by atoms with E-state index in [0.717, 1.165) is 16.3 Å². The summed E-state index contributed by atoms with van der Waals surface area (Å²) in [6.07, 6.45) is 0.574. The number of aryl methyl sites for hydroxylation is 1. The molecule has 0 unspecified atom stereocenters. The van der Waals surface area contributed by atoms with Crippen molar-refractivity contribution in [3.8, 4) is 5.75 Å². The van der Waals surface area contributed by atoms with E-state index in [1.165, 1.54) is 12.1 Å². The third-order valence-electron chi connectivity index (χ3n) is 4.10. The topological polar surface area (TPSA) is 111 Å². The number of nitrogens with zero attached hydrogens (tertiary/aromatic N) is 1. The summed E-state index contributed by atoms with van der Waals surface area (Å²) in [6.45, 7) is 2.76. The first-order valence-electron chi connectivity index (χ1n) is 8.85. The van der Waals surface area contributed by atoms with Crippen molar-refractivity contribution >= 4 is 27.3 Å². The van der Waals surface area contributed by atoms with Crippen molar-refractivity contribution in [1.29, 1.82) is 0 Å². The van der Waals surface area contributed by atoms with E-state index in [1.807, 2.05) is 12.3 Å². The molecule has 0 saturated carbocycles.